The maximum atomic E-state index is 12.8. The van der Waals surface area contributed by atoms with E-state index in [4.69, 9.17) is 9.47 Å². The lowest BCUT2D eigenvalue weighted by Gasteiger charge is -2.38. The summed E-state index contributed by atoms with van der Waals surface area (Å²) < 4.78 is 49.8. The first kappa shape index (κ1) is 21.4. The summed E-state index contributed by atoms with van der Waals surface area (Å²) in [5, 5.41) is 3.62. The van der Waals surface area contributed by atoms with Gasteiger partial charge in [-0.05, 0) is 36.4 Å². The van der Waals surface area contributed by atoms with Crippen molar-refractivity contribution in [1.29, 1.82) is 0 Å². The van der Waals surface area contributed by atoms with Crippen molar-refractivity contribution in [1.82, 2.24) is 14.9 Å². The van der Waals surface area contributed by atoms with E-state index in [1.54, 1.807) is 17.0 Å². The number of likely N-dealkylation sites (tertiary alicyclic amines) is 1. The molecule has 1 aliphatic rings. The first-order chi connectivity index (χ1) is 15.3. The molecule has 0 saturated carbocycles. The Morgan fingerprint density at radius 2 is 1.91 bits per heavy atom. The molecule has 0 aliphatic carbocycles. The van der Waals surface area contributed by atoms with Gasteiger partial charge in [0.2, 0.25) is 5.91 Å². The predicted octanol–water partition coefficient (Wildman–Crippen LogP) is 4.18. The Kier molecular flexibility index (Phi) is 5.60. The molecule has 0 bridgehead atoms. The maximum Gasteiger partial charge on any atom is 0.416 e. The average Bonchev–Trinajstić information content (AvgIpc) is 2.75. The summed E-state index contributed by atoms with van der Waals surface area (Å²) in [4.78, 5) is 21.7. The summed E-state index contributed by atoms with van der Waals surface area (Å²) in [5.41, 5.74) is 0.269. The number of rotatable bonds is 6. The Hall–Kier alpha value is -3.82. The summed E-state index contributed by atoms with van der Waals surface area (Å²) >= 11 is 0. The van der Waals surface area contributed by atoms with Crippen LogP contribution >= 0.6 is 0 Å². The summed E-state index contributed by atoms with van der Waals surface area (Å²) in [7, 11) is 1.50. The molecule has 1 saturated heterocycles. The van der Waals surface area contributed by atoms with Crippen LogP contribution < -0.4 is 14.8 Å². The zero-order chi connectivity index (χ0) is 22.9. The molecule has 1 fully saturated rings. The van der Waals surface area contributed by atoms with Crippen LogP contribution in [0.5, 0.6) is 11.5 Å². The highest BCUT2D eigenvalue weighted by atomic mass is 19.4. The predicted molar refractivity (Wildman–Crippen MR) is 112 cm³/mol. The molecule has 0 radical (unpaired) electrons. The largest absolute Gasteiger partial charge is 0.493 e. The number of carbonyl (C=O) groups is 1. The van der Waals surface area contributed by atoms with Crippen LogP contribution in [0.25, 0.3) is 10.9 Å². The van der Waals surface area contributed by atoms with E-state index in [9.17, 15) is 18.0 Å². The van der Waals surface area contributed by atoms with E-state index < -0.39 is 11.7 Å². The molecule has 32 heavy (non-hydrogen) atoms. The number of amides is 1. The lowest BCUT2D eigenvalue weighted by atomic mass is 10.1. The number of anilines is 2. The monoisotopic (exact) mass is 444 g/mol. The molecule has 4 rings (SSSR count). The number of aromatic nitrogens is 2. The van der Waals surface area contributed by atoms with Crippen LogP contribution in [0.1, 0.15) is 5.56 Å². The van der Waals surface area contributed by atoms with Crippen molar-refractivity contribution >= 4 is 28.3 Å². The third kappa shape index (κ3) is 4.29. The molecule has 7 nitrogen and oxygen atoms in total. The van der Waals surface area contributed by atoms with Crippen LogP contribution in [-0.4, -0.2) is 47.1 Å². The molecular formula is C22H19F3N4O3. The van der Waals surface area contributed by atoms with Gasteiger partial charge >= 0.3 is 6.18 Å². The van der Waals surface area contributed by atoms with E-state index in [-0.39, 0.29) is 12.0 Å². The molecule has 2 heterocycles. The number of hydrogen-bond acceptors (Lipinski definition) is 6. The number of ether oxygens (including phenoxy) is 2. The Morgan fingerprint density at radius 3 is 2.53 bits per heavy atom. The fourth-order valence-electron chi connectivity index (χ4n) is 3.30. The SMILES string of the molecule is C=CC(=O)N1CC(Oc2cc3c(Nc4ccc(C(F)(F)F)cc4)ncnc3cc2OC)C1. The molecule has 0 unspecified atom stereocenters. The quantitative estimate of drug-likeness (QED) is 0.575. The van der Waals surface area contributed by atoms with Crippen LogP contribution in [0.15, 0.2) is 55.4 Å². The number of methoxy groups -OCH3 is 1. The van der Waals surface area contributed by atoms with E-state index in [2.05, 4.69) is 21.9 Å². The van der Waals surface area contributed by atoms with Crippen LogP contribution in [0.2, 0.25) is 0 Å². The van der Waals surface area contributed by atoms with E-state index >= 15 is 0 Å². The summed E-state index contributed by atoms with van der Waals surface area (Å²) in [5.74, 6) is 1.15. The second kappa shape index (κ2) is 8.37. The van der Waals surface area contributed by atoms with Gasteiger partial charge in [0.05, 0.1) is 31.3 Å². The minimum Gasteiger partial charge on any atom is -0.493 e. The lowest BCUT2D eigenvalue weighted by molar-refractivity contribution is -0.137. The fourth-order valence-corrected chi connectivity index (χ4v) is 3.30. The maximum absolute atomic E-state index is 12.8. The van der Waals surface area contributed by atoms with Crippen molar-refractivity contribution in [3.63, 3.8) is 0 Å². The second-order valence-electron chi connectivity index (χ2n) is 7.13. The van der Waals surface area contributed by atoms with E-state index in [1.165, 1.54) is 31.6 Å². The van der Waals surface area contributed by atoms with Gasteiger partial charge in [-0.2, -0.15) is 13.2 Å². The first-order valence-electron chi connectivity index (χ1n) is 9.63. The molecule has 1 amide bonds. The molecule has 3 aromatic rings. The van der Waals surface area contributed by atoms with Gasteiger partial charge in [0.1, 0.15) is 18.2 Å². The van der Waals surface area contributed by atoms with Crippen LogP contribution in [0.3, 0.4) is 0 Å². The highest BCUT2D eigenvalue weighted by Crippen LogP contribution is 2.36. The molecule has 1 N–H and O–H groups in total. The van der Waals surface area contributed by atoms with Crippen LogP contribution in [0, 0.1) is 0 Å². The van der Waals surface area contributed by atoms with Crippen molar-refractivity contribution in [3.05, 3.63) is 60.9 Å². The second-order valence-corrected chi connectivity index (χ2v) is 7.13. The van der Waals surface area contributed by atoms with Gasteiger partial charge in [0, 0.05) is 17.1 Å². The number of carbonyl (C=O) groups excluding carboxylic acids is 1. The number of nitrogens with one attached hydrogen (secondary N) is 1. The van der Waals surface area contributed by atoms with Crippen molar-refractivity contribution in [2.45, 2.75) is 12.3 Å². The Labute approximate surface area is 181 Å². The smallest absolute Gasteiger partial charge is 0.416 e. The van der Waals surface area contributed by atoms with E-state index in [1.807, 2.05) is 0 Å². The number of halogens is 3. The molecule has 0 atom stereocenters. The van der Waals surface area contributed by atoms with Crippen molar-refractivity contribution in [3.8, 4) is 11.5 Å². The number of fused-ring (bicyclic) bond motifs is 1. The first-order valence-corrected chi connectivity index (χ1v) is 9.63. The molecule has 1 aromatic heterocycles. The van der Waals surface area contributed by atoms with Crippen LogP contribution in [0.4, 0.5) is 24.7 Å². The lowest BCUT2D eigenvalue weighted by Crippen LogP contribution is -2.55. The zero-order valence-electron chi connectivity index (χ0n) is 17.0. The highest BCUT2D eigenvalue weighted by Gasteiger charge is 2.32. The van der Waals surface area contributed by atoms with Gasteiger partial charge in [0.15, 0.2) is 11.5 Å². The minimum absolute atomic E-state index is 0.160. The minimum atomic E-state index is -4.41. The fraction of sp³-hybridized carbons (Fsp3) is 0.227. The third-order valence-electron chi connectivity index (χ3n) is 5.02. The molecule has 166 valence electrons. The molecular weight excluding hydrogens is 425 g/mol. The van der Waals surface area contributed by atoms with Crippen molar-refractivity contribution < 1.29 is 27.4 Å². The van der Waals surface area contributed by atoms with Gasteiger partial charge in [-0.25, -0.2) is 9.97 Å². The van der Waals surface area contributed by atoms with E-state index in [0.29, 0.717) is 47.0 Å². The van der Waals surface area contributed by atoms with Crippen molar-refractivity contribution in [2.24, 2.45) is 0 Å². The number of benzene rings is 2. The topological polar surface area (TPSA) is 76.6 Å². The molecule has 1 aliphatic heterocycles. The number of nitrogens with zero attached hydrogens (tertiary/aromatic N) is 3. The number of alkyl halides is 3. The normalized spacial score (nSPS) is 14.1. The zero-order valence-corrected chi connectivity index (χ0v) is 17.0. The van der Waals surface area contributed by atoms with Crippen LogP contribution in [-0.2, 0) is 11.0 Å². The summed E-state index contributed by atoms with van der Waals surface area (Å²) in [6.07, 6.45) is -2.01. The Balaban J connectivity index is 1.59. The van der Waals surface area contributed by atoms with Gasteiger partial charge in [-0.1, -0.05) is 6.58 Å². The molecule has 2 aromatic carbocycles. The third-order valence-corrected chi connectivity index (χ3v) is 5.02. The summed E-state index contributed by atoms with van der Waals surface area (Å²) in [6, 6.07) is 8.05. The van der Waals surface area contributed by atoms with Gasteiger partial charge in [-0.3, -0.25) is 4.79 Å². The Bertz CT molecular complexity index is 1160. The number of hydrogen-bond donors (Lipinski definition) is 1. The summed E-state index contributed by atoms with van der Waals surface area (Å²) in [6.45, 7) is 4.32. The molecule has 10 heteroatoms. The average molecular weight is 444 g/mol. The Morgan fingerprint density at radius 1 is 1.19 bits per heavy atom. The van der Waals surface area contributed by atoms with Gasteiger partial charge in [-0.15, -0.1) is 0 Å². The molecule has 0 spiro atoms. The highest BCUT2D eigenvalue weighted by molar-refractivity contribution is 5.93. The van der Waals surface area contributed by atoms with E-state index in [0.717, 1.165) is 12.1 Å². The van der Waals surface area contributed by atoms with Gasteiger partial charge in [0.25, 0.3) is 0 Å². The van der Waals surface area contributed by atoms with Crippen molar-refractivity contribution in [2.75, 3.05) is 25.5 Å². The van der Waals surface area contributed by atoms with Gasteiger partial charge < -0.3 is 19.7 Å². The standard InChI is InChI=1S/C22H19F3N4O3/c1-3-20(30)29-10-15(11-29)32-19-8-16-17(9-18(19)31-2)26-12-27-21(16)28-14-6-4-13(5-7-14)22(23,24)25/h3-9,12,15H,1,10-11H2,2H3,(H,26,27,28).